The van der Waals surface area contributed by atoms with Gasteiger partial charge in [0.05, 0.1) is 11.2 Å². The summed E-state index contributed by atoms with van der Waals surface area (Å²) in [4.78, 5) is 2.15. The second kappa shape index (κ2) is 8.77. The van der Waals surface area contributed by atoms with Crippen molar-refractivity contribution < 1.29 is 5.11 Å². The van der Waals surface area contributed by atoms with E-state index in [1.165, 1.54) is 10.9 Å². The largest absolute Gasteiger partial charge is 0.507 e. The standard InChI is InChI=1S/C19H19Cl2N5OS/c1-3-25(4-2)14-7-5-12(17(27)10-14)11-22-26-18(23-24-19(26)28)15-8-6-13(20)9-16(15)21/h5-11,27H,3-4H2,1-2H3,(H,24,28)/b22-11-. The normalized spacial score (nSPS) is 11.3. The van der Waals surface area contributed by atoms with Crippen molar-refractivity contribution in [3.63, 3.8) is 0 Å². The van der Waals surface area contributed by atoms with Crippen LogP contribution in [0.3, 0.4) is 0 Å². The van der Waals surface area contributed by atoms with Gasteiger partial charge in [0.2, 0.25) is 4.77 Å². The van der Waals surface area contributed by atoms with Gasteiger partial charge in [-0.15, -0.1) is 0 Å². The lowest BCUT2D eigenvalue weighted by Gasteiger charge is -2.21. The van der Waals surface area contributed by atoms with Crippen molar-refractivity contribution in [3.8, 4) is 17.1 Å². The van der Waals surface area contributed by atoms with Crippen LogP contribution in [-0.2, 0) is 0 Å². The summed E-state index contributed by atoms with van der Waals surface area (Å²) in [6.07, 6.45) is 1.53. The Morgan fingerprint density at radius 2 is 1.96 bits per heavy atom. The number of aromatic nitrogens is 3. The third kappa shape index (κ3) is 4.22. The fourth-order valence-corrected chi connectivity index (χ4v) is 3.46. The topological polar surface area (TPSA) is 69.4 Å². The van der Waals surface area contributed by atoms with E-state index in [9.17, 15) is 5.11 Å². The molecule has 6 nitrogen and oxygen atoms in total. The molecule has 0 saturated carbocycles. The van der Waals surface area contributed by atoms with E-state index >= 15 is 0 Å². The molecular weight excluding hydrogens is 417 g/mol. The van der Waals surface area contributed by atoms with Crippen LogP contribution in [0.4, 0.5) is 5.69 Å². The molecule has 2 aromatic carbocycles. The van der Waals surface area contributed by atoms with Gasteiger partial charge in [-0.2, -0.15) is 14.9 Å². The molecule has 0 aliphatic rings. The van der Waals surface area contributed by atoms with Gasteiger partial charge in [0.15, 0.2) is 5.82 Å². The summed E-state index contributed by atoms with van der Waals surface area (Å²) in [5.41, 5.74) is 2.15. The van der Waals surface area contributed by atoms with E-state index in [4.69, 9.17) is 35.4 Å². The maximum Gasteiger partial charge on any atom is 0.216 e. The number of rotatable bonds is 6. The van der Waals surface area contributed by atoms with E-state index < -0.39 is 0 Å². The smallest absolute Gasteiger partial charge is 0.216 e. The fourth-order valence-electron chi connectivity index (χ4n) is 2.79. The minimum Gasteiger partial charge on any atom is -0.507 e. The van der Waals surface area contributed by atoms with Crippen LogP contribution in [0, 0.1) is 4.77 Å². The number of halogens is 2. The summed E-state index contributed by atoms with van der Waals surface area (Å²) < 4.78 is 1.75. The molecular formula is C19H19Cl2N5OS. The lowest BCUT2D eigenvalue weighted by molar-refractivity contribution is 0.474. The number of aromatic hydroxyl groups is 1. The molecule has 0 unspecified atom stereocenters. The minimum atomic E-state index is 0.134. The van der Waals surface area contributed by atoms with E-state index in [0.717, 1.165) is 18.8 Å². The molecule has 0 amide bonds. The number of phenolic OH excluding ortho intramolecular Hbond substituents is 1. The molecule has 3 aromatic rings. The van der Waals surface area contributed by atoms with Crippen molar-refractivity contribution in [2.45, 2.75) is 13.8 Å². The second-order valence-electron chi connectivity index (χ2n) is 5.95. The molecule has 3 rings (SSSR count). The molecule has 0 saturated heterocycles. The number of nitrogens with one attached hydrogen (secondary N) is 1. The van der Waals surface area contributed by atoms with Crippen LogP contribution in [-0.4, -0.2) is 39.3 Å². The lowest BCUT2D eigenvalue weighted by atomic mass is 10.2. The number of nitrogens with zero attached hydrogens (tertiary/aromatic N) is 4. The van der Waals surface area contributed by atoms with Crippen LogP contribution in [0.5, 0.6) is 5.75 Å². The van der Waals surface area contributed by atoms with E-state index in [0.29, 0.717) is 31.8 Å². The molecule has 0 bridgehead atoms. The van der Waals surface area contributed by atoms with Crippen molar-refractivity contribution in [1.29, 1.82) is 0 Å². The molecule has 0 aliphatic carbocycles. The van der Waals surface area contributed by atoms with Crippen LogP contribution >= 0.6 is 35.4 Å². The number of hydrogen-bond donors (Lipinski definition) is 2. The lowest BCUT2D eigenvalue weighted by Crippen LogP contribution is -2.21. The van der Waals surface area contributed by atoms with Gasteiger partial charge < -0.3 is 10.0 Å². The molecule has 1 aromatic heterocycles. The first-order valence-electron chi connectivity index (χ1n) is 8.69. The Hall–Kier alpha value is -2.35. The van der Waals surface area contributed by atoms with Crippen LogP contribution in [0.1, 0.15) is 19.4 Å². The van der Waals surface area contributed by atoms with Gasteiger partial charge in [-0.05, 0) is 56.4 Å². The van der Waals surface area contributed by atoms with Gasteiger partial charge in [0.1, 0.15) is 5.75 Å². The average Bonchev–Trinajstić information content (AvgIpc) is 3.02. The van der Waals surface area contributed by atoms with E-state index in [-0.39, 0.29) is 5.75 Å². The van der Waals surface area contributed by atoms with Crippen molar-refractivity contribution in [3.05, 3.63) is 56.8 Å². The quantitative estimate of drug-likeness (QED) is 0.404. The van der Waals surface area contributed by atoms with E-state index in [1.54, 1.807) is 24.3 Å². The number of anilines is 1. The Bertz CT molecular complexity index is 1070. The first kappa shape index (κ1) is 20.4. The number of aromatic amines is 1. The minimum absolute atomic E-state index is 0.134. The van der Waals surface area contributed by atoms with Crippen molar-refractivity contribution in [2.24, 2.45) is 5.10 Å². The highest BCUT2D eigenvalue weighted by Gasteiger charge is 2.13. The summed E-state index contributed by atoms with van der Waals surface area (Å²) in [6, 6.07) is 10.6. The SMILES string of the molecule is CCN(CC)c1ccc(/C=N\n2c(-c3ccc(Cl)cc3Cl)n[nH]c2=S)c(O)c1. The van der Waals surface area contributed by atoms with Crippen LogP contribution in [0.25, 0.3) is 11.4 Å². The van der Waals surface area contributed by atoms with E-state index in [2.05, 4.69) is 34.0 Å². The Morgan fingerprint density at radius 1 is 1.21 bits per heavy atom. The molecule has 146 valence electrons. The summed E-state index contributed by atoms with van der Waals surface area (Å²) in [6.45, 7) is 5.86. The maximum absolute atomic E-state index is 10.4. The van der Waals surface area contributed by atoms with Crippen LogP contribution < -0.4 is 4.90 Å². The average molecular weight is 436 g/mol. The highest BCUT2D eigenvalue weighted by atomic mass is 35.5. The van der Waals surface area contributed by atoms with Crippen LogP contribution in [0.2, 0.25) is 10.0 Å². The zero-order valence-electron chi connectivity index (χ0n) is 15.4. The first-order chi connectivity index (χ1) is 13.4. The zero-order chi connectivity index (χ0) is 20.3. The number of hydrogen-bond acceptors (Lipinski definition) is 5. The summed E-state index contributed by atoms with van der Waals surface area (Å²) in [5, 5.41) is 22.6. The molecule has 0 spiro atoms. The van der Waals surface area contributed by atoms with Gasteiger partial charge in [0.25, 0.3) is 0 Å². The molecule has 0 radical (unpaired) electrons. The highest BCUT2D eigenvalue weighted by Crippen LogP contribution is 2.29. The summed E-state index contributed by atoms with van der Waals surface area (Å²) in [7, 11) is 0. The van der Waals surface area contributed by atoms with Crippen LogP contribution in [0.15, 0.2) is 41.5 Å². The fraction of sp³-hybridized carbons (Fsp3) is 0.211. The first-order valence-corrected chi connectivity index (χ1v) is 9.86. The van der Waals surface area contributed by atoms with Gasteiger partial charge >= 0.3 is 0 Å². The maximum atomic E-state index is 10.4. The molecule has 1 heterocycles. The van der Waals surface area contributed by atoms with Gasteiger partial charge in [-0.3, -0.25) is 0 Å². The Kier molecular flexibility index (Phi) is 6.39. The van der Waals surface area contributed by atoms with Gasteiger partial charge in [0, 0.05) is 41.0 Å². The van der Waals surface area contributed by atoms with Crippen molar-refractivity contribution in [1.82, 2.24) is 14.9 Å². The van der Waals surface area contributed by atoms with E-state index in [1.807, 2.05) is 12.1 Å². The van der Waals surface area contributed by atoms with Crippen molar-refractivity contribution in [2.75, 3.05) is 18.0 Å². The Balaban J connectivity index is 1.96. The Labute approximate surface area is 178 Å². The number of phenols is 1. The highest BCUT2D eigenvalue weighted by molar-refractivity contribution is 7.71. The molecule has 0 fully saturated rings. The zero-order valence-corrected chi connectivity index (χ0v) is 17.7. The second-order valence-corrected chi connectivity index (χ2v) is 7.18. The molecule has 0 atom stereocenters. The third-order valence-electron chi connectivity index (χ3n) is 4.28. The Morgan fingerprint density at radius 3 is 2.61 bits per heavy atom. The third-order valence-corrected chi connectivity index (χ3v) is 5.09. The molecule has 9 heteroatoms. The predicted molar refractivity (Wildman–Crippen MR) is 118 cm³/mol. The molecule has 2 N–H and O–H groups in total. The molecule has 0 aliphatic heterocycles. The molecule has 28 heavy (non-hydrogen) atoms. The van der Waals surface area contributed by atoms with Gasteiger partial charge in [-0.25, -0.2) is 5.10 Å². The van der Waals surface area contributed by atoms with Crippen molar-refractivity contribution >= 4 is 47.3 Å². The predicted octanol–water partition coefficient (Wildman–Crippen LogP) is 5.35. The summed E-state index contributed by atoms with van der Waals surface area (Å²) >= 11 is 17.5. The number of benzene rings is 2. The van der Waals surface area contributed by atoms with Gasteiger partial charge in [-0.1, -0.05) is 23.2 Å². The summed E-state index contributed by atoms with van der Waals surface area (Å²) in [5.74, 6) is 0.580. The monoisotopic (exact) mass is 435 g/mol. The number of H-pyrrole nitrogens is 1.